The molecule has 0 spiro atoms. The number of aliphatic hydroxyl groups is 1. The Bertz CT molecular complexity index is 1060. The van der Waals surface area contributed by atoms with Crippen molar-refractivity contribution in [1.29, 1.82) is 0 Å². The third kappa shape index (κ3) is 5.26. The van der Waals surface area contributed by atoms with Crippen molar-refractivity contribution in [1.82, 2.24) is 0 Å². The molecule has 0 fully saturated rings. The molecule has 158 valence electrons. The number of rotatable bonds is 5. The normalized spacial score (nSPS) is 14.2. The van der Waals surface area contributed by atoms with Crippen LogP contribution in [0.4, 0.5) is 24.5 Å². The number of hydrogen-bond donors (Lipinski definition) is 3. The molecule has 6 nitrogen and oxygen atoms in total. The summed E-state index contributed by atoms with van der Waals surface area (Å²) in [6.07, 6.45) is -5.23. The first-order valence-corrected chi connectivity index (χ1v) is 10.1. The number of amides is 1. The van der Waals surface area contributed by atoms with Crippen molar-refractivity contribution in [2.75, 3.05) is 10.0 Å². The zero-order chi connectivity index (χ0) is 22.2. The van der Waals surface area contributed by atoms with Crippen LogP contribution < -0.4 is 10.0 Å². The molecular formula is C16H12Cl3F3N2O4S. The van der Waals surface area contributed by atoms with E-state index in [1.165, 1.54) is 18.2 Å². The van der Waals surface area contributed by atoms with Gasteiger partial charge in [0.05, 0.1) is 31.3 Å². The minimum atomic E-state index is -5.23. The molecule has 2 aromatic carbocycles. The number of nitrogens with one attached hydrogen (secondary N) is 2. The van der Waals surface area contributed by atoms with Gasteiger partial charge in [-0.05, 0) is 43.3 Å². The number of halogens is 6. The van der Waals surface area contributed by atoms with Crippen molar-refractivity contribution in [2.45, 2.75) is 23.6 Å². The molecule has 0 bridgehead atoms. The number of sulfonamides is 1. The average Bonchev–Trinajstić information content (AvgIpc) is 2.58. The zero-order valence-corrected chi connectivity index (χ0v) is 17.4. The molecule has 0 radical (unpaired) electrons. The predicted molar refractivity (Wildman–Crippen MR) is 104 cm³/mol. The lowest BCUT2D eigenvalue weighted by molar-refractivity contribution is -0.242. The van der Waals surface area contributed by atoms with Crippen LogP contribution in [-0.2, 0) is 14.8 Å². The Balaban J connectivity index is 2.26. The average molecular weight is 492 g/mol. The first-order chi connectivity index (χ1) is 13.1. The monoisotopic (exact) mass is 490 g/mol. The molecule has 2 rings (SSSR count). The molecule has 2 aromatic rings. The molecule has 13 heteroatoms. The van der Waals surface area contributed by atoms with Gasteiger partial charge < -0.3 is 10.4 Å². The van der Waals surface area contributed by atoms with E-state index in [1.807, 2.05) is 5.32 Å². The molecule has 0 saturated carbocycles. The van der Waals surface area contributed by atoms with Gasteiger partial charge >= 0.3 is 6.18 Å². The minimum absolute atomic E-state index is 0.106. The molecule has 0 aliphatic rings. The maximum Gasteiger partial charge on any atom is 0.426 e. The first-order valence-electron chi connectivity index (χ1n) is 7.53. The largest absolute Gasteiger partial charge is 0.426 e. The van der Waals surface area contributed by atoms with E-state index >= 15 is 0 Å². The van der Waals surface area contributed by atoms with Gasteiger partial charge in [-0.15, -0.1) is 0 Å². The van der Waals surface area contributed by atoms with Crippen LogP contribution in [0.3, 0.4) is 0 Å². The van der Waals surface area contributed by atoms with E-state index in [9.17, 15) is 31.5 Å². The third-order valence-corrected chi connectivity index (χ3v) is 6.10. The van der Waals surface area contributed by atoms with Gasteiger partial charge in [0.2, 0.25) is 5.60 Å². The topological polar surface area (TPSA) is 95.5 Å². The van der Waals surface area contributed by atoms with Crippen LogP contribution >= 0.6 is 34.8 Å². The molecule has 1 unspecified atom stereocenters. The highest BCUT2D eigenvalue weighted by atomic mass is 35.5. The van der Waals surface area contributed by atoms with E-state index in [4.69, 9.17) is 34.8 Å². The number of hydrogen-bond acceptors (Lipinski definition) is 4. The number of carbonyl (C=O) groups excluding carboxylic acids is 1. The van der Waals surface area contributed by atoms with Crippen molar-refractivity contribution in [3.05, 3.63) is 51.5 Å². The number of benzene rings is 2. The summed E-state index contributed by atoms with van der Waals surface area (Å²) < 4.78 is 65.3. The van der Waals surface area contributed by atoms with Gasteiger partial charge in [0.15, 0.2) is 0 Å². The Morgan fingerprint density at radius 3 is 2.14 bits per heavy atom. The summed E-state index contributed by atoms with van der Waals surface area (Å²) >= 11 is 17.5. The summed E-state index contributed by atoms with van der Waals surface area (Å²) in [4.78, 5) is 11.4. The van der Waals surface area contributed by atoms with Gasteiger partial charge in [0.1, 0.15) is 0 Å². The highest BCUT2D eigenvalue weighted by Crippen LogP contribution is 2.33. The molecular weight excluding hydrogens is 480 g/mol. The lowest BCUT2D eigenvalue weighted by atomic mass is 10.1. The number of carbonyl (C=O) groups is 1. The van der Waals surface area contributed by atoms with Crippen LogP contribution in [0.15, 0.2) is 41.3 Å². The zero-order valence-electron chi connectivity index (χ0n) is 14.3. The van der Waals surface area contributed by atoms with Crippen molar-refractivity contribution >= 4 is 62.1 Å². The van der Waals surface area contributed by atoms with Crippen molar-refractivity contribution in [2.24, 2.45) is 0 Å². The third-order valence-electron chi connectivity index (χ3n) is 3.66. The molecule has 1 atom stereocenters. The van der Waals surface area contributed by atoms with E-state index in [1.54, 1.807) is 0 Å². The van der Waals surface area contributed by atoms with Crippen molar-refractivity contribution in [3.63, 3.8) is 0 Å². The van der Waals surface area contributed by atoms with Crippen LogP contribution in [0.2, 0.25) is 15.1 Å². The Labute approximate surface area is 178 Å². The van der Waals surface area contributed by atoms with Crippen LogP contribution in [0.5, 0.6) is 0 Å². The van der Waals surface area contributed by atoms with Gasteiger partial charge in [-0.3, -0.25) is 9.52 Å². The summed E-state index contributed by atoms with van der Waals surface area (Å²) in [5.74, 6) is -1.78. The molecule has 0 aromatic heterocycles. The summed E-state index contributed by atoms with van der Waals surface area (Å²) in [7, 11) is -4.14. The van der Waals surface area contributed by atoms with E-state index in [2.05, 4.69) is 4.72 Å². The van der Waals surface area contributed by atoms with Gasteiger partial charge in [0.25, 0.3) is 15.9 Å². The smallest absolute Gasteiger partial charge is 0.373 e. The molecule has 0 heterocycles. The van der Waals surface area contributed by atoms with Gasteiger partial charge in [-0.1, -0.05) is 34.8 Å². The Morgan fingerprint density at radius 2 is 1.62 bits per heavy atom. The van der Waals surface area contributed by atoms with E-state index in [0.29, 0.717) is 0 Å². The fraction of sp³-hybridized carbons (Fsp3) is 0.188. The molecule has 3 N–H and O–H groups in total. The fourth-order valence-corrected chi connectivity index (χ4v) is 3.58. The van der Waals surface area contributed by atoms with Crippen LogP contribution in [-0.4, -0.2) is 31.2 Å². The second kappa shape index (κ2) is 8.19. The van der Waals surface area contributed by atoms with E-state index in [0.717, 1.165) is 18.2 Å². The van der Waals surface area contributed by atoms with Crippen molar-refractivity contribution in [3.8, 4) is 0 Å². The lowest BCUT2D eigenvalue weighted by Crippen LogP contribution is -2.52. The first kappa shape index (κ1) is 23.6. The Morgan fingerprint density at radius 1 is 1.00 bits per heavy atom. The standard InChI is InChI=1S/C16H12Cl3F3N2O4S/c1-15(26,16(20,21)22)14(25)23-13-5-3-9(7-12(13)19)29(27,28)24-8-2-4-10(17)11(18)6-8/h2-7,24,26H,1H3,(H,23,25). The van der Waals surface area contributed by atoms with Gasteiger partial charge in [-0.25, -0.2) is 8.42 Å². The number of alkyl halides is 3. The summed E-state index contributed by atoms with van der Waals surface area (Å²) in [5.41, 5.74) is -3.89. The summed E-state index contributed by atoms with van der Waals surface area (Å²) in [6, 6.07) is 6.91. The van der Waals surface area contributed by atoms with Crippen LogP contribution in [0.1, 0.15) is 6.92 Å². The maximum atomic E-state index is 12.7. The highest BCUT2D eigenvalue weighted by Gasteiger charge is 2.55. The summed E-state index contributed by atoms with van der Waals surface area (Å²) in [6.45, 7) is 0.274. The molecule has 0 aliphatic carbocycles. The molecule has 0 saturated heterocycles. The quantitative estimate of drug-likeness (QED) is 0.565. The molecule has 29 heavy (non-hydrogen) atoms. The SMILES string of the molecule is CC(O)(C(=O)Nc1ccc(S(=O)(=O)Nc2ccc(Cl)c(Cl)c2)cc1Cl)C(F)(F)F. The van der Waals surface area contributed by atoms with Crippen molar-refractivity contribution < 1.29 is 31.5 Å². The predicted octanol–water partition coefficient (Wildman–Crippen LogP) is 4.70. The Kier molecular flexibility index (Phi) is 6.65. The van der Waals surface area contributed by atoms with E-state index in [-0.39, 0.29) is 38.3 Å². The maximum absolute atomic E-state index is 12.7. The number of anilines is 2. The van der Waals surface area contributed by atoms with Gasteiger partial charge in [-0.2, -0.15) is 13.2 Å². The lowest BCUT2D eigenvalue weighted by Gasteiger charge is -2.25. The second-order valence-corrected chi connectivity index (χ2v) is 8.80. The summed E-state index contributed by atoms with van der Waals surface area (Å²) in [5, 5.41) is 11.1. The highest BCUT2D eigenvalue weighted by molar-refractivity contribution is 7.92. The molecule has 0 aliphatic heterocycles. The fourth-order valence-electron chi connectivity index (χ4n) is 1.91. The van der Waals surface area contributed by atoms with Crippen LogP contribution in [0.25, 0.3) is 0 Å². The van der Waals surface area contributed by atoms with E-state index < -0.39 is 27.7 Å². The molecule has 1 amide bonds. The minimum Gasteiger partial charge on any atom is -0.373 e. The second-order valence-electron chi connectivity index (χ2n) is 5.90. The van der Waals surface area contributed by atoms with Crippen LogP contribution in [0, 0.1) is 0 Å². The van der Waals surface area contributed by atoms with Gasteiger partial charge in [0, 0.05) is 0 Å². The Hall–Kier alpha value is -1.72.